The predicted octanol–water partition coefficient (Wildman–Crippen LogP) is 3.75. The summed E-state index contributed by atoms with van der Waals surface area (Å²) >= 11 is 0. The molecule has 1 amide bonds. The number of imidazole rings is 1. The van der Waals surface area contributed by atoms with Crippen LogP contribution in [0, 0.1) is 0 Å². The Labute approximate surface area is 138 Å². The first kappa shape index (κ1) is 16.3. The molecule has 0 aromatic carbocycles. The van der Waals surface area contributed by atoms with Gasteiger partial charge in [-0.3, -0.25) is 0 Å². The lowest BCUT2D eigenvalue weighted by molar-refractivity contribution is 0.0168. The van der Waals surface area contributed by atoms with E-state index in [1.54, 1.807) is 0 Å². The highest BCUT2D eigenvalue weighted by Crippen LogP contribution is 2.38. The number of carbonyl (C=O) groups is 1. The number of likely N-dealkylation sites (tertiary alicyclic amines) is 1. The zero-order chi connectivity index (χ0) is 16.8. The third-order valence-electron chi connectivity index (χ3n) is 5.20. The highest BCUT2D eigenvalue weighted by molar-refractivity contribution is 5.68. The van der Waals surface area contributed by atoms with Gasteiger partial charge >= 0.3 is 6.09 Å². The maximum atomic E-state index is 12.2. The molecule has 0 radical (unpaired) electrons. The van der Waals surface area contributed by atoms with Gasteiger partial charge in [0.25, 0.3) is 0 Å². The highest BCUT2D eigenvalue weighted by Gasteiger charge is 2.38. The van der Waals surface area contributed by atoms with E-state index < -0.39 is 5.60 Å². The molecule has 1 aliphatic carbocycles. The average molecular weight is 319 g/mol. The Balaban J connectivity index is 1.66. The standard InChI is InChI=1S/C18H29N3O2/c1-12-6-7-13-14(12)20-15(19-13)18(5)8-10-21(11-9-18)16(22)23-17(2,3)4/h12H,6-11H2,1-5H3,(H,19,20). The number of hydrogen-bond donors (Lipinski definition) is 1. The fourth-order valence-corrected chi connectivity index (χ4v) is 3.55. The van der Waals surface area contributed by atoms with Crippen LogP contribution in [-0.2, 0) is 16.6 Å². The molecule has 0 spiro atoms. The van der Waals surface area contributed by atoms with Crippen LogP contribution in [-0.4, -0.2) is 39.7 Å². The summed E-state index contributed by atoms with van der Waals surface area (Å²) in [6, 6.07) is 0. The minimum absolute atomic E-state index is 0.0303. The maximum absolute atomic E-state index is 12.2. The molecule has 1 aromatic rings. The second kappa shape index (κ2) is 5.53. The van der Waals surface area contributed by atoms with E-state index in [0.717, 1.165) is 38.2 Å². The molecule has 1 aliphatic heterocycles. The number of hydrogen-bond acceptors (Lipinski definition) is 3. The van der Waals surface area contributed by atoms with Crippen LogP contribution in [0.5, 0.6) is 0 Å². The van der Waals surface area contributed by atoms with Gasteiger partial charge in [-0.05, 0) is 46.5 Å². The summed E-state index contributed by atoms with van der Waals surface area (Å²) in [5, 5.41) is 0. The Morgan fingerprint density at radius 1 is 1.35 bits per heavy atom. The number of fused-ring (bicyclic) bond motifs is 1. The third kappa shape index (κ3) is 3.24. The minimum atomic E-state index is -0.435. The van der Waals surface area contributed by atoms with Gasteiger partial charge in [-0.25, -0.2) is 9.78 Å². The monoisotopic (exact) mass is 319 g/mol. The lowest BCUT2D eigenvalue weighted by Crippen LogP contribution is -2.46. The molecule has 1 aromatic heterocycles. The minimum Gasteiger partial charge on any atom is -0.444 e. The summed E-state index contributed by atoms with van der Waals surface area (Å²) in [7, 11) is 0. The second-order valence-electron chi connectivity index (χ2n) is 8.42. The fourth-order valence-electron chi connectivity index (χ4n) is 3.55. The summed E-state index contributed by atoms with van der Waals surface area (Å²) in [6.07, 6.45) is 3.97. The Hall–Kier alpha value is -1.52. The van der Waals surface area contributed by atoms with Crippen molar-refractivity contribution >= 4 is 6.09 Å². The molecular formula is C18H29N3O2. The summed E-state index contributed by atoms with van der Waals surface area (Å²) in [4.78, 5) is 22.5. The first-order valence-electron chi connectivity index (χ1n) is 8.75. The zero-order valence-corrected chi connectivity index (χ0v) is 15.0. The summed E-state index contributed by atoms with van der Waals surface area (Å²) in [5.41, 5.74) is 2.18. The topological polar surface area (TPSA) is 58.2 Å². The van der Waals surface area contributed by atoms with Crippen molar-refractivity contribution in [2.45, 2.75) is 77.2 Å². The van der Waals surface area contributed by atoms with Crippen molar-refractivity contribution in [3.05, 3.63) is 17.2 Å². The van der Waals surface area contributed by atoms with Gasteiger partial charge in [0.1, 0.15) is 11.4 Å². The van der Waals surface area contributed by atoms with Crippen molar-refractivity contribution in [1.82, 2.24) is 14.9 Å². The Morgan fingerprint density at radius 2 is 2.00 bits per heavy atom. The predicted molar refractivity (Wildman–Crippen MR) is 89.7 cm³/mol. The molecule has 23 heavy (non-hydrogen) atoms. The van der Waals surface area contributed by atoms with Crippen molar-refractivity contribution in [2.24, 2.45) is 0 Å². The summed E-state index contributed by atoms with van der Waals surface area (Å²) in [6.45, 7) is 11.7. The quantitative estimate of drug-likeness (QED) is 0.857. The van der Waals surface area contributed by atoms with E-state index in [4.69, 9.17) is 9.72 Å². The van der Waals surface area contributed by atoms with Crippen LogP contribution in [0.4, 0.5) is 4.79 Å². The number of piperidine rings is 1. The number of amides is 1. The second-order valence-corrected chi connectivity index (χ2v) is 8.42. The van der Waals surface area contributed by atoms with Crippen molar-refractivity contribution in [3.8, 4) is 0 Å². The Bertz CT molecular complexity index is 592. The molecule has 1 saturated heterocycles. The maximum Gasteiger partial charge on any atom is 0.410 e. The van der Waals surface area contributed by atoms with Gasteiger partial charge in [-0.15, -0.1) is 0 Å². The van der Waals surface area contributed by atoms with Gasteiger partial charge in [0, 0.05) is 30.1 Å². The van der Waals surface area contributed by atoms with Crippen LogP contribution in [0.2, 0.25) is 0 Å². The molecule has 1 atom stereocenters. The SMILES string of the molecule is CC1CCc2[nH]c(C3(C)CCN(C(=O)OC(C)(C)C)CC3)nc21. The number of ether oxygens (including phenoxy) is 1. The van der Waals surface area contributed by atoms with Crippen LogP contribution in [0.1, 0.15) is 77.0 Å². The smallest absolute Gasteiger partial charge is 0.410 e. The van der Waals surface area contributed by atoms with Crippen LogP contribution >= 0.6 is 0 Å². The van der Waals surface area contributed by atoms with E-state index in [1.165, 1.54) is 17.8 Å². The molecule has 0 saturated carbocycles. The molecule has 5 heteroatoms. The largest absolute Gasteiger partial charge is 0.444 e. The molecule has 2 heterocycles. The number of aryl methyl sites for hydroxylation is 1. The van der Waals surface area contributed by atoms with Crippen LogP contribution in [0.3, 0.4) is 0 Å². The number of aromatic amines is 1. The van der Waals surface area contributed by atoms with Crippen LogP contribution in [0.15, 0.2) is 0 Å². The van der Waals surface area contributed by atoms with Gasteiger partial charge < -0.3 is 14.6 Å². The van der Waals surface area contributed by atoms with Gasteiger partial charge in [0.2, 0.25) is 0 Å². The Morgan fingerprint density at radius 3 is 2.57 bits per heavy atom. The van der Waals surface area contributed by atoms with Gasteiger partial charge in [0.05, 0.1) is 5.69 Å². The number of H-pyrrole nitrogens is 1. The van der Waals surface area contributed by atoms with Gasteiger partial charge in [-0.1, -0.05) is 13.8 Å². The summed E-state index contributed by atoms with van der Waals surface area (Å²) < 4.78 is 5.48. The Kier molecular flexibility index (Phi) is 3.93. The first-order valence-corrected chi connectivity index (χ1v) is 8.75. The molecule has 1 unspecified atom stereocenters. The number of rotatable bonds is 1. The number of carbonyl (C=O) groups excluding carboxylic acids is 1. The van der Waals surface area contributed by atoms with E-state index in [-0.39, 0.29) is 11.5 Å². The molecule has 5 nitrogen and oxygen atoms in total. The average Bonchev–Trinajstić information content (AvgIpc) is 3.01. The lowest BCUT2D eigenvalue weighted by Gasteiger charge is -2.38. The van der Waals surface area contributed by atoms with Gasteiger partial charge in [0.15, 0.2) is 0 Å². The normalized spacial score (nSPS) is 23.7. The van der Waals surface area contributed by atoms with E-state index in [2.05, 4.69) is 18.8 Å². The third-order valence-corrected chi connectivity index (χ3v) is 5.20. The lowest BCUT2D eigenvalue weighted by atomic mass is 9.79. The molecule has 3 rings (SSSR count). The summed E-state index contributed by atoms with van der Waals surface area (Å²) in [5.74, 6) is 1.68. The first-order chi connectivity index (χ1) is 10.7. The van der Waals surface area contributed by atoms with Crippen LogP contribution < -0.4 is 0 Å². The molecule has 1 fully saturated rings. The molecule has 1 N–H and O–H groups in total. The molecule has 2 aliphatic rings. The number of aromatic nitrogens is 2. The molecular weight excluding hydrogens is 290 g/mol. The van der Waals surface area contributed by atoms with E-state index in [0.29, 0.717) is 5.92 Å². The highest BCUT2D eigenvalue weighted by atomic mass is 16.6. The fraction of sp³-hybridized carbons (Fsp3) is 0.778. The van der Waals surface area contributed by atoms with E-state index >= 15 is 0 Å². The van der Waals surface area contributed by atoms with Crippen LogP contribution in [0.25, 0.3) is 0 Å². The molecule has 0 bridgehead atoms. The van der Waals surface area contributed by atoms with Gasteiger partial charge in [-0.2, -0.15) is 0 Å². The molecule has 128 valence electrons. The zero-order valence-electron chi connectivity index (χ0n) is 15.0. The number of nitrogens with one attached hydrogen (secondary N) is 1. The van der Waals surface area contributed by atoms with E-state index in [1.807, 2.05) is 25.7 Å². The van der Waals surface area contributed by atoms with Crippen molar-refractivity contribution < 1.29 is 9.53 Å². The number of nitrogens with zero attached hydrogens (tertiary/aromatic N) is 2. The van der Waals surface area contributed by atoms with Crippen molar-refractivity contribution in [1.29, 1.82) is 0 Å². The van der Waals surface area contributed by atoms with E-state index in [9.17, 15) is 4.79 Å². The van der Waals surface area contributed by atoms with Crippen molar-refractivity contribution in [2.75, 3.05) is 13.1 Å². The van der Waals surface area contributed by atoms with Crippen molar-refractivity contribution in [3.63, 3.8) is 0 Å².